The number of carbonyl (C=O) groups excluding carboxylic acids is 1. The summed E-state index contributed by atoms with van der Waals surface area (Å²) in [6.07, 6.45) is 4.00. The molecule has 1 atom stereocenters. The number of hydrogen-bond donors (Lipinski definition) is 0. The van der Waals surface area contributed by atoms with Crippen LogP contribution in [0.3, 0.4) is 0 Å². The molecule has 2 aliphatic rings. The first-order valence-corrected chi connectivity index (χ1v) is 10.8. The number of aromatic nitrogens is 3. The molecule has 8 heteroatoms. The highest BCUT2D eigenvalue weighted by Crippen LogP contribution is 2.34. The zero-order valence-electron chi connectivity index (χ0n) is 18.5. The van der Waals surface area contributed by atoms with E-state index >= 15 is 0 Å². The van der Waals surface area contributed by atoms with Gasteiger partial charge in [-0.1, -0.05) is 25.9 Å². The zero-order valence-corrected chi connectivity index (χ0v) is 18.5. The minimum atomic E-state index is 0.128. The van der Waals surface area contributed by atoms with Gasteiger partial charge < -0.3 is 14.3 Å². The predicted molar refractivity (Wildman–Crippen MR) is 115 cm³/mol. The Kier molecular flexibility index (Phi) is 5.77. The first kappa shape index (κ1) is 20.8. The quantitative estimate of drug-likeness (QED) is 0.764. The molecule has 2 aliphatic heterocycles. The number of likely N-dealkylation sites (tertiary alicyclic amines) is 1. The van der Waals surface area contributed by atoms with Crippen LogP contribution in [0.25, 0.3) is 11.4 Å². The molecule has 0 aliphatic carbocycles. The van der Waals surface area contributed by atoms with Crippen molar-refractivity contribution in [2.75, 3.05) is 44.2 Å². The molecule has 0 spiro atoms. The van der Waals surface area contributed by atoms with Crippen LogP contribution in [-0.2, 0) is 4.79 Å². The second kappa shape index (κ2) is 8.34. The molecule has 2 aromatic rings. The molecule has 0 aromatic carbocycles. The predicted octanol–water partition coefficient (Wildman–Crippen LogP) is 2.98. The lowest BCUT2D eigenvalue weighted by Crippen LogP contribution is -2.48. The van der Waals surface area contributed by atoms with E-state index in [2.05, 4.69) is 40.7 Å². The Hall–Kier alpha value is -2.48. The van der Waals surface area contributed by atoms with Crippen molar-refractivity contribution in [2.45, 2.75) is 46.6 Å². The van der Waals surface area contributed by atoms with E-state index in [1.165, 1.54) is 0 Å². The molecule has 4 heterocycles. The molecule has 2 aromatic heterocycles. The van der Waals surface area contributed by atoms with Crippen LogP contribution < -0.4 is 4.90 Å². The molecule has 0 N–H and O–H groups in total. The third-order valence-electron chi connectivity index (χ3n) is 5.82. The Bertz CT molecular complexity index is 882. The second-order valence-electron chi connectivity index (χ2n) is 9.54. The molecule has 162 valence electrons. The Morgan fingerprint density at radius 2 is 1.97 bits per heavy atom. The van der Waals surface area contributed by atoms with Crippen molar-refractivity contribution in [2.24, 2.45) is 5.41 Å². The van der Waals surface area contributed by atoms with Gasteiger partial charge in [0.2, 0.25) is 17.6 Å². The van der Waals surface area contributed by atoms with Gasteiger partial charge in [0.15, 0.2) is 0 Å². The van der Waals surface area contributed by atoms with Gasteiger partial charge in [-0.25, -0.2) is 4.98 Å². The van der Waals surface area contributed by atoms with Crippen molar-refractivity contribution in [3.8, 4) is 11.4 Å². The van der Waals surface area contributed by atoms with Crippen LogP contribution in [0.4, 0.5) is 5.82 Å². The van der Waals surface area contributed by atoms with Crippen molar-refractivity contribution in [1.29, 1.82) is 0 Å². The van der Waals surface area contributed by atoms with Gasteiger partial charge in [0, 0.05) is 51.4 Å². The van der Waals surface area contributed by atoms with Crippen molar-refractivity contribution in [1.82, 2.24) is 24.9 Å². The lowest BCUT2D eigenvalue weighted by molar-refractivity contribution is -0.129. The van der Waals surface area contributed by atoms with E-state index < -0.39 is 0 Å². The molecule has 1 unspecified atom stereocenters. The highest BCUT2D eigenvalue weighted by molar-refractivity contribution is 5.73. The number of carbonyl (C=O) groups is 1. The molecule has 0 radical (unpaired) electrons. The fraction of sp³-hybridized carbons (Fsp3) is 0.636. The van der Waals surface area contributed by atoms with Gasteiger partial charge in [-0.2, -0.15) is 4.98 Å². The molecule has 30 heavy (non-hydrogen) atoms. The van der Waals surface area contributed by atoms with Crippen LogP contribution in [0.5, 0.6) is 0 Å². The van der Waals surface area contributed by atoms with Gasteiger partial charge >= 0.3 is 0 Å². The fourth-order valence-corrected chi connectivity index (χ4v) is 4.37. The maximum absolute atomic E-state index is 11.6. The highest BCUT2D eigenvalue weighted by atomic mass is 16.5. The monoisotopic (exact) mass is 412 g/mol. The number of rotatable bonds is 4. The Morgan fingerprint density at radius 1 is 1.20 bits per heavy atom. The molecule has 2 fully saturated rings. The molecule has 0 saturated carbocycles. The normalized spacial score (nSPS) is 20.7. The van der Waals surface area contributed by atoms with Crippen LogP contribution in [0.2, 0.25) is 0 Å². The van der Waals surface area contributed by atoms with Gasteiger partial charge in [-0.3, -0.25) is 9.69 Å². The molecule has 0 bridgehead atoms. The first-order chi connectivity index (χ1) is 14.3. The Morgan fingerprint density at radius 3 is 2.67 bits per heavy atom. The van der Waals surface area contributed by atoms with E-state index in [0.29, 0.717) is 11.7 Å². The molecule has 4 rings (SSSR count). The van der Waals surface area contributed by atoms with Gasteiger partial charge in [-0.05, 0) is 36.9 Å². The summed E-state index contributed by atoms with van der Waals surface area (Å²) >= 11 is 0. The summed E-state index contributed by atoms with van der Waals surface area (Å²) in [5.41, 5.74) is 1.14. The summed E-state index contributed by atoms with van der Waals surface area (Å²) in [5.74, 6) is 2.33. The van der Waals surface area contributed by atoms with Crippen molar-refractivity contribution in [3.63, 3.8) is 0 Å². The largest absolute Gasteiger partial charge is 0.353 e. The Balaban J connectivity index is 1.48. The molecule has 1 amide bonds. The van der Waals surface area contributed by atoms with Crippen molar-refractivity contribution >= 4 is 11.7 Å². The lowest BCUT2D eigenvalue weighted by atomic mass is 9.96. The van der Waals surface area contributed by atoms with Crippen molar-refractivity contribution in [3.05, 3.63) is 24.2 Å². The summed E-state index contributed by atoms with van der Waals surface area (Å²) in [7, 11) is 0. The number of amides is 1. The molecular weight excluding hydrogens is 380 g/mol. The zero-order chi connectivity index (χ0) is 21.3. The number of anilines is 1. The van der Waals surface area contributed by atoms with Crippen LogP contribution in [-0.4, -0.2) is 70.1 Å². The lowest BCUT2D eigenvalue weighted by Gasteiger charge is -2.34. The van der Waals surface area contributed by atoms with E-state index in [0.717, 1.165) is 63.5 Å². The average Bonchev–Trinajstić information content (AvgIpc) is 3.36. The Labute approximate surface area is 178 Å². The molecule has 2 saturated heterocycles. The van der Waals surface area contributed by atoms with Crippen LogP contribution in [0.1, 0.15) is 52.5 Å². The van der Waals surface area contributed by atoms with Crippen molar-refractivity contribution < 1.29 is 9.32 Å². The van der Waals surface area contributed by atoms with Crippen LogP contribution in [0.15, 0.2) is 22.9 Å². The van der Waals surface area contributed by atoms with Gasteiger partial charge in [0.05, 0.1) is 6.04 Å². The fourth-order valence-electron chi connectivity index (χ4n) is 4.37. The van der Waals surface area contributed by atoms with E-state index in [4.69, 9.17) is 9.51 Å². The van der Waals surface area contributed by atoms with Gasteiger partial charge in [0.25, 0.3) is 0 Å². The standard InChI is InChI=1S/C22H32N6O2/c1-16(29)26-10-12-27(13-11-26)19-14-17(7-8-23-19)20-24-21(30-25-20)18-6-5-9-28(18)15-22(2,3)4/h7-8,14,18H,5-6,9-13,15H2,1-4H3. The smallest absolute Gasteiger partial charge is 0.244 e. The molecule has 8 nitrogen and oxygen atoms in total. The third kappa shape index (κ3) is 4.64. The first-order valence-electron chi connectivity index (χ1n) is 10.8. The number of hydrogen-bond acceptors (Lipinski definition) is 7. The highest BCUT2D eigenvalue weighted by Gasteiger charge is 2.33. The van der Waals surface area contributed by atoms with E-state index in [1.807, 2.05) is 17.0 Å². The summed E-state index contributed by atoms with van der Waals surface area (Å²) < 4.78 is 5.69. The minimum absolute atomic E-state index is 0.128. The summed E-state index contributed by atoms with van der Waals surface area (Å²) in [6, 6.07) is 4.14. The topological polar surface area (TPSA) is 78.6 Å². The molecular formula is C22H32N6O2. The van der Waals surface area contributed by atoms with E-state index in [1.54, 1.807) is 13.1 Å². The number of nitrogens with zero attached hydrogens (tertiary/aromatic N) is 6. The summed E-state index contributed by atoms with van der Waals surface area (Å²) in [6.45, 7) is 13.5. The minimum Gasteiger partial charge on any atom is -0.353 e. The van der Waals surface area contributed by atoms with Gasteiger partial charge in [0.1, 0.15) is 5.82 Å². The van der Waals surface area contributed by atoms with E-state index in [9.17, 15) is 4.79 Å². The van der Waals surface area contributed by atoms with Crippen LogP contribution in [0, 0.1) is 5.41 Å². The number of piperazine rings is 1. The summed E-state index contributed by atoms with van der Waals surface area (Å²) in [4.78, 5) is 27.4. The number of pyridine rings is 1. The van der Waals surface area contributed by atoms with Crippen LogP contribution >= 0.6 is 0 Å². The van der Waals surface area contributed by atoms with Gasteiger partial charge in [-0.15, -0.1) is 0 Å². The maximum atomic E-state index is 11.6. The third-order valence-corrected chi connectivity index (χ3v) is 5.82. The van der Waals surface area contributed by atoms with E-state index in [-0.39, 0.29) is 17.4 Å². The maximum Gasteiger partial charge on any atom is 0.244 e. The SMILES string of the molecule is CC(=O)N1CCN(c2cc(-c3noc(C4CCCN4CC(C)(C)C)n3)ccn2)CC1. The second-order valence-corrected chi connectivity index (χ2v) is 9.54. The summed E-state index contributed by atoms with van der Waals surface area (Å²) in [5, 5.41) is 4.27. The average molecular weight is 413 g/mol.